The van der Waals surface area contributed by atoms with Crippen LogP contribution in [-0.2, 0) is 4.79 Å². The van der Waals surface area contributed by atoms with Crippen molar-refractivity contribution in [3.63, 3.8) is 0 Å². The minimum absolute atomic E-state index is 0.288. The van der Waals surface area contributed by atoms with E-state index >= 15 is 0 Å². The molecule has 132 valence electrons. The van der Waals surface area contributed by atoms with E-state index in [1.165, 1.54) is 13.4 Å². The molecule has 1 aromatic heterocycles. The Labute approximate surface area is 157 Å². The molecule has 26 heavy (non-hydrogen) atoms. The monoisotopic (exact) mass is 416 g/mol. The van der Waals surface area contributed by atoms with Gasteiger partial charge in [-0.1, -0.05) is 28.6 Å². The standard InChI is InChI=1S/C18H14BrFN4O2/c1-10(20)18(25)24-15-7-13-14(8-16(15)26-2)21-9-22-17(13)23-12-5-3-4-11(19)6-12/h3-9H,1H2,2H3,(H,24,25)(H,21,22,23). The van der Waals surface area contributed by atoms with Crippen LogP contribution in [0.3, 0.4) is 0 Å². The number of carbonyl (C=O) groups is 1. The Hall–Kier alpha value is -3.00. The van der Waals surface area contributed by atoms with Gasteiger partial charge in [0.25, 0.3) is 5.91 Å². The summed E-state index contributed by atoms with van der Waals surface area (Å²) < 4.78 is 19.2. The van der Waals surface area contributed by atoms with E-state index in [1.807, 2.05) is 24.3 Å². The summed E-state index contributed by atoms with van der Waals surface area (Å²) in [6.07, 6.45) is 1.42. The summed E-state index contributed by atoms with van der Waals surface area (Å²) in [7, 11) is 1.45. The van der Waals surface area contributed by atoms with Gasteiger partial charge in [-0.3, -0.25) is 4.79 Å². The number of rotatable bonds is 5. The van der Waals surface area contributed by atoms with Crippen molar-refractivity contribution in [2.75, 3.05) is 17.7 Å². The normalized spacial score (nSPS) is 10.4. The number of amides is 1. The first kappa shape index (κ1) is 17.8. The highest BCUT2D eigenvalue weighted by Crippen LogP contribution is 2.33. The highest BCUT2D eigenvalue weighted by molar-refractivity contribution is 9.10. The topological polar surface area (TPSA) is 76.1 Å². The maximum absolute atomic E-state index is 13.0. The Balaban J connectivity index is 2.07. The highest BCUT2D eigenvalue weighted by Gasteiger charge is 2.14. The van der Waals surface area contributed by atoms with Gasteiger partial charge in [0, 0.05) is 21.6 Å². The Morgan fingerprint density at radius 3 is 2.77 bits per heavy atom. The summed E-state index contributed by atoms with van der Waals surface area (Å²) in [5, 5.41) is 6.26. The molecule has 0 radical (unpaired) electrons. The number of halogens is 2. The molecule has 0 aliphatic rings. The summed E-state index contributed by atoms with van der Waals surface area (Å²) in [4.78, 5) is 20.1. The van der Waals surface area contributed by atoms with Gasteiger partial charge in [-0.2, -0.15) is 0 Å². The summed E-state index contributed by atoms with van der Waals surface area (Å²) in [5.74, 6) is -1.16. The molecule has 2 N–H and O–H groups in total. The number of fused-ring (bicyclic) bond motifs is 1. The fraction of sp³-hybridized carbons (Fsp3) is 0.0556. The van der Waals surface area contributed by atoms with E-state index in [-0.39, 0.29) is 5.69 Å². The van der Waals surface area contributed by atoms with Gasteiger partial charge in [-0.25, -0.2) is 14.4 Å². The van der Waals surface area contributed by atoms with E-state index in [2.05, 4.69) is 43.1 Å². The summed E-state index contributed by atoms with van der Waals surface area (Å²) in [6, 6.07) is 10.8. The lowest BCUT2D eigenvalue weighted by Crippen LogP contribution is -2.12. The molecule has 3 rings (SSSR count). The van der Waals surface area contributed by atoms with Crippen LogP contribution in [0.2, 0.25) is 0 Å². The second-order valence-corrected chi connectivity index (χ2v) is 6.20. The molecule has 2 aromatic carbocycles. The number of nitrogens with one attached hydrogen (secondary N) is 2. The fourth-order valence-electron chi connectivity index (χ4n) is 2.34. The molecule has 0 aliphatic carbocycles. The number of aromatic nitrogens is 2. The summed E-state index contributed by atoms with van der Waals surface area (Å²) >= 11 is 3.42. The Kier molecular flexibility index (Phi) is 5.13. The molecule has 0 spiro atoms. The predicted octanol–water partition coefficient (Wildman–Crippen LogP) is 4.57. The molecule has 0 saturated heterocycles. The molecular weight excluding hydrogens is 403 g/mol. The quantitative estimate of drug-likeness (QED) is 0.595. The average Bonchev–Trinajstić information content (AvgIpc) is 2.61. The molecule has 8 heteroatoms. The minimum atomic E-state index is -1.09. The largest absolute Gasteiger partial charge is 0.494 e. The van der Waals surface area contributed by atoms with E-state index in [0.29, 0.717) is 22.5 Å². The van der Waals surface area contributed by atoms with Gasteiger partial charge < -0.3 is 15.4 Å². The number of benzene rings is 2. The van der Waals surface area contributed by atoms with E-state index in [9.17, 15) is 9.18 Å². The van der Waals surface area contributed by atoms with Gasteiger partial charge in [0.2, 0.25) is 0 Å². The summed E-state index contributed by atoms with van der Waals surface area (Å²) in [6.45, 7) is 2.99. The van der Waals surface area contributed by atoms with Crippen LogP contribution in [-0.4, -0.2) is 23.0 Å². The lowest BCUT2D eigenvalue weighted by molar-refractivity contribution is -0.114. The molecule has 0 aliphatic heterocycles. The van der Waals surface area contributed by atoms with E-state index in [1.54, 1.807) is 12.1 Å². The van der Waals surface area contributed by atoms with Crippen LogP contribution >= 0.6 is 15.9 Å². The van der Waals surface area contributed by atoms with Crippen LogP contribution in [0.5, 0.6) is 5.75 Å². The van der Waals surface area contributed by atoms with E-state index < -0.39 is 11.7 Å². The zero-order chi connectivity index (χ0) is 18.7. The molecular formula is C18H14BrFN4O2. The Morgan fingerprint density at radius 2 is 2.08 bits per heavy atom. The van der Waals surface area contributed by atoms with Gasteiger partial charge in [0.05, 0.1) is 18.3 Å². The number of anilines is 3. The lowest BCUT2D eigenvalue weighted by Gasteiger charge is -2.13. The molecule has 1 heterocycles. The summed E-state index contributed by atoms with van der Waals surface area (Å²) in [5.41, 5.74) is 1.71. The van der Waals surface area contributed by atoms with Gasteiger partial charge in [0.15, 0.2) is 5.83 Å². The molecule has 0 unspecified atom stereocenters. The van der Waals surface area contributed by atoms with E-state index in [0.717, 1.165) is 10.2 Å². The van der Waals surface area contributed by atoms with Gasteiger partial charge >= 0.3 is 0 Å². The third kappa shape index (κ3) is 3.80. The second kappa shape index (κ2) is 7.49. The highest BCUT2D eigenvalue weighted by atomic mass is 79.9. The number of ether oxygens (including phenoxy) is 1. The molecule has 0 fully saturated rings. The van der Waals surface area contributed by atoms with Crippen LogP contribution in [0.15, 0.2) is 59.6 Å². The van der Waals surface area contributed by atoms with Crippen molar-refractivity contribution in [1.82, 2.24) is 9.97 Å². The van der Waals surface area contributed by atoms with Crippen molar-refractivity contribution < 1.29 is 13.9 Å². The van der Waals surface area contributed by atoms with Crippen LogP contribution in [0, 0.1) is 0 Å². The zero-order valence-corrected chi connectivity index (χ0v) is 15.3. The minimum Gasteiger partial charge on any atom is -0.494 e. The third-order valence-electron chi connectivity index (χ3n) is 3.54. The van der Waals surface area contributed by atoms with Crippen molar-refractivity contribution in [3.05, 3.63) is 59.6 Å². The first-order valence-corrected chi connectivity index (χ1v) is 8.28. The first-order chi connectivity index (χ1) is 12.5. The fourth-order valence-corrected chi connectivity index (χ4v) is 2.74. The maximum atomic E-state index is 13.0. The van der Waals surface area contributed by atoms with Gasteiger partial charge in [-0.15, -0.1) is 0 Å². The molecule has 1 amide bonds. The zero-order valence-electron chi connectivity index (χ0n) is 13.7. The van der Waals surface area contributed by atoms with Gasteiger partial charge in [0.1, 0.15) is 17.9 Å². The number of hydrogen-bond acceptors (Lipinski definition) is 5. The predicted molar refractivity (Wildman–Crippen MR) is 102 cm³/mol. The van der Waals surface area contributed by atoms with Crippen molar-refractivity contribution in [3.8, 4) is 5.75 Å². The molecule has 0 atom stereocenters. The SMILES string of the molecule is C=C(F)C(=O)Nc1cc2c(Nc3cccc(Br)c3)ncnc2cc1OC. The third-order valence-corrected chi connectivity index (χ3v) is 4.03. The lowest BCUT2D eigenvalue weighted by atomic mass is 10.2. The molecule has 0 saturated carbocycles. The second-order valence-electron chi connectivity index (χ2n) is 5.29. The first-order valence-electron chi connectivity index (χ1n) is 7.49. The van der Waals surface area contributed by atoms with Crippen LogP contribution in [0.4, 0.5) is 21.6 Å². The number of carbonyl (C=O) groups excluding carboxylic acids is 1. The average molecular weight is 417 g/mol. The Bertz CT molecular complexity index is 1010. The van der Waals surface area contributed by atoms with Crippen LogP contribution in [0.25, 0.3) is 10.9 Å². The molecule has 6 nitrogen and oxygen atoms in total. The Morgan fingerprint density at radius 1 is 1.27 bits per heavy atom. The molecule has 3 aromatic rings. The van der Waals surface area contributed by atoms with Crippen molar-refractivity contribution in [2.24, 2.45) is 0 Å². The smallest absolute Gasteiger partial charge is 0.283 e. The number of methoxy groups -OCH3 is 1. The number of nitrogens with zero attached hydrogens (tertiary/aromatic N) is 2. The van der Waals surface area contributed by atoms with Crippen molar-refractivity contribution >= 4 is 49.9 Å². The number of hydrogen-bond donors (Lipinski definition) is 2. The van der Waals surface area contributed by atoms with Gasteiger partial charge in [-0.05, 0) is 24.3 Å². The van der Waals surface area contributed by atoms with Crippen LogP contribution < -0.4 is 15.4 Å². The van der Waals surface area contributed by atoms with Crippen LogP contribution in [0.1, 0.15) is 0 Å². The van der Waals surface area contributed by atoms with Crippen molar-refractivity contribution in [2.45, 2.75) is 0 Å². The van der Waals surface area contributed by atoms with Crippen molar-refractivity contribution in [1.29, 1.82) is 0 Å². The maximum Gasteiger partial charge on any atom is 0.283 e. The molecule has 0 bridgehead atoms. The van der Waals surface area contributed by atoms with E-state index in [4.69, 9.17) is 4.74 Å².